The Morgan fingerprint density at radius 3 is 2.95 bits per heavy atom. The van der Waals surface area contributed by atoms with Crippen molar-refractivity contribution in [3.8, 4) is 17.1 Å². The summed E-state index contributed by atoms with van der Waals surface area (Å²) in [6, 6.07) is 6.64. The highest BCUT2D eigenvalue weighted by Gasteiger charge is 2.12. The molecule has 7 nitrogen and oxygen atoms in total. The van der Waals surface area contributed by atoms with E-state index in [0.29, 0.717) is 17.1 Å². The lowest BCUT2D eigenvalue weighted by atomic mass is 10.2. The number of aliphatic carboxylic acids is 1. The summed E-state index contributed by atoms with van der Waals surface area (Å²) in [5.74, 6) is -0.842. The van der Waals surface area contributed by atoms with Crippen LogP contribution in [0.3, 0.4) is 0 Å². The molecule has 0 saturated heterocycles. The largest absolute Gasteiger partial charge is 0.500 e. The molecule has 0 aliphatic rings. The summed E-state index contributed by atoms with van der Waals surface area (Å²) < 4.78 is 14.5. The minimum absolute atomic E-state index is 0.326. The Hall–Kier alpha value is -2.83. The zero-order valence-corrected chi connectivity index (χ0v) is 9.94. The highest BCUT2D eigenvalue weighted by atomic mass is 16.5. The smallest absolute Gasteiger partial charge is 0.375 e. The van der Waals surface area contributed by atoms with Gasteiger partial charge in [0.15, 0.2) is 0 Å². The maximum Gasteiger partial charge on any atom is 0.375 e. The molecule has 0 unspecified atom stereocenters. The molecule has 0 atom stereocenters. The van der Waals surface area contributed by atoms with Crippen LogP contribution in [-0.4, -0.2) is 28.3 Å². The normalized spacial score (nSPS) is 11.1. The summed E-state index contributed by atoms with van der Waals surface area (Å²) in [7, 11) is 1.34. The number of carboxylic acids is 1. The van der Waals surface area contributed by atoms with Crippen LogP contribution in [0.1, 0.15) is 0 Å². The summed E-state index contributed by atoms with van der Waals surface area (Å²) in [5.41, 5.74) is 0.647. The maximum absolute atomic E-state index is 10.9. The predicted molar refractivity (Wildman–Crippen MR) is 63.1 cm³/mol. The van der Waals surface area contributed by atoms with Crippen LogP contribution in [0.15, 0.2) is 47.2 Å². The Balaban J connectivity index is 2.24. The van der Waals surface area contributed by atoms with Crippen LogP contribution in [0.4, 0.5) is 0 Å². The van der Waals surface area contributed by atoms with E-state index in [1.807, 2.05) is 0 Å². The van der Waals surface area contributed by atoms with Crippen molar-refractivity contribution in [1.82, 2.24) is 10.1 Å². The van der Waals surface area contributed by atoms with E-state index in [-0.39, 0.29) is 5.76 Å². The highest BCUT2D eigenvalue weighted by Crippen LogP contribution is 2.22. The van der Waals surface area contributed by atoms with E-state index in [1.165, 1.54) is 13.5 Å². The molecule has 0 spiro atoms. The molecule has 1 aromatic heterocycles. The van der Waals surface area contributed by atoms with Gasteiger partial charge < -0.3 is 19.1 Å². The first-order valence-electron chi connectivity index (χ1n) is 5.21. The number of aromatic nitrogens is 2. The Morgan fingerprint density at radius 1 is 1.47 bits per heavy atom. The fraction of sp³-hybridized carbons (Fsp3) is 0.0833. The Kier molecular flexibility index (Phi) is 3.77. The molecular weight excluding hydrogens is 252 g/mol. The van der Waals surface area contributed by atoms with Gasteiger partial charge in [0.05, 0.1) is 7.11 Å². The lowest BCUT2D eigenvalue weighted by molar-refractivity contribution is -0.135. The first-order chi connectivity index (χ1) is 9.20. The molecule has 1 N–H and O–H groups in total. The number of hydrogen-bond donors (Lipinski definition) is 1. The van der Waals surface area contributed by atoms with Gasteiger partial charge in [-0.1, -0.05) is 17.3 Å². The summed E-state index contributed by atoms with van der Waals surface area (Å²) >= 11 is 0. The van der Waals surface area contributed by atoms with Crippen molar-refractivity contribution in [2.45, 2.75) is 0 Å². The van der Waals surface area contributed by atoms with Crippen LogP contribution >= 0.6 is 0 Å². The monoisotopic (exact) mass is 262 g/mol. The minimum Gasteiger partial charge on any atom is -0.500 e. The van der Waals surface area contributed by atoms with Crippen molar-refractivity contribution in [2.24, 2.45) is 0 Å². The molecule has 0 aliphatic carbocycles. The standard InChI is InChI=1S/C12H10N2O5/c1-17-6-10(12(15)16)19-9-4-2-3-8(5-9)11-13-7-18-14-11/h2-7H,1H3,(H,15,16). The number of carboxylic acid groups (broad SMARTS) is 1. The van der Waals surface area contributed by atoms with Crippen LogP contribution in [0.2, 0.25) is 0 Å². The van der Waals surface area contributed by atoms with Crippen molar-refractivity contribution in [1.29, 1.82) is 0 Å². The van der Waals surface area contributed by atoms with Gasteiger partial charge in [0.2, 0.25) is 18.0 Å². The lowest BCUT2D eigenvalue weighted by Crippen LogP contribution is -2.08. The van der Waals surface area contributed by atoms with Crippen molar-refractivity contribution >= 4 is 5.97 Å². The van der Waals surface area contributed by atoms with Gasteiger partial charge in [-0.3, -0.25) is 0 Å². The second kappa shape index (κ2) is 5.67. The molecule has 7 heteroatoms. The number of benzene rings is 1. The third-order valence-corrected chi connectivity index (χ3v) is 2.12. The van der Waals surface area contributed by atoms with Crippen molar-refractivity contribution in [3.63, 3.8) is 0 Å². The lowest BCUT2D eigenvalue weighted by Gasteiger charge is -2.06. The number of ether oxygens (including phenoxy) is 2. The molecule has 0 saturated carbocycles. The number of methoxy groups -OCH3 is 1. The zero-order chi connectivity index (χ0) is 13.7. The minimum atomic E-state index is -1.23. The van der Waals surface area contributed by atoms with Crippen molar-refractivity contribution in [3.05, 3.63) is 42.7 Å². The van der Waals surface area contributed by atoms with Crippen LogP contribution in [0, 0.1) is 0 Å². The molecular formula is C12H10N2O5. The van der Waals surface area contributed by atoms with Gasteiger partial charge in [-0.2, -0.15) is 4.98 Å². The third-order valence-electron chi connectivity index (χ3n) is 2.12. The van der Waals surface area contributed by atoms with E-state index < -0.39 is 5.97 Å². The number of nitrogens with zero attached hydrogens (tertiary/aromatic N) is 2. The van der Waals surface area contributed by atoms with Crippen LogP contribution in [0.5, 0.6) is 5.75 Å². The molecule has 19 heavy (non-hydrogen) atoms. The molecule has 0 fully saturated rings. The van der Waals surface area contributed by atoms with E-state index >= 15 is 0 Å². The molecule has 1 heterocycles. The van der Waals surface area contributed by atoms with E-state index in [9.17, 15) is 4.79 Å². The molecule has 0 radical (unpaired) electrons. The average molecular weight is 262 g/mol. The van der Waals surface area contributed by atoms with Gasteiger partial charge in [0, 0.05) is 5.56 Å². The first-order valence-corrected chi connectivity index (χ1v) is 5.21. The molecule has 0 bridgehead atoms. The number of carbonyl (C=O) groups is 1. The van der Waals surface area contributed by atoms with Crippen LogP contribution < -0.4 is 4.74 Å². The van der Waals surface area contributed by atoms with E-state index in [1.54, 1.807) is 24.3 Å². The zero-order valence-electron chi connectivity index (χ0n) is 9.94. The van der Waals surface area contributed by atoms with Gasteiger partial charge in [-0.15, -0.1) is 0 Å². The van der Waals surface area contributed by atoms with Gasteiger partial charge in [-0.05, 0) is 12.1 Å². The fourth-order valence-corrected chi connectivity index (χ4v) is 1.35. The number of rotatable bonds is 5. The van der Waals surface area contributed by atoms with Gasteiger partial charge in [-0.25, -0.2) is 4.79 Å². The predicted octanol–water partition coefficient (Wildman–Crippen LogP) is 1.69. The topological polar surface area (TPSA) is 94.7 Å². The van der Waals surface area contributed by atoms with Crippen LogP contribution in [-0.2, 0) is 9.53 Å². The SMILES string of the molecule is COC=C(Oc1cccc(-c2ncon2)c1)C(=O)O. The molecule has 0 aliphatic heterocycles. The molecule has 0 amide bonds. The second-order valence-electron chi connectivity index (χ2n) is 3.41. The van der Waals surface area contributed by atoms with E-state index in [0.717, 1.165) is 6.26 Å². The van der Waals surface area contributed by atoms with Gasteiger partial charge in [0.25, 0.3) is 0 Å². The quantitative estimate of drug-likeness (QED) is 0.647. The molecule has 98 valence electrons. The number of hydrogen-bond acceptors (Lipinski definition) is 6. The molecule has 2 rings (SSSR count). The third kappa shape index (κ3) is 3.09. The maximum atomic E-state index is 10.9. The van der Waals surface area contributed by atoms with Crippen molar-refractivity contribution < 1.29 is 23.9 Å². The summed E-state index contributed by atoms with van der Waals surface area (Å²) in [6.45, 7) is 0. The Labute approximate surface area is 108 Å². The van der Waals surface area contributed by atoms with Crippen molar-refractivity contribution in [2.75, 3.05) is 7.11 Å². The Bertz CT molecular complexity index is 592. The van der Waals surface area contributed by atoms with Gasteiger partial charge in [0.1, 0.15) is 12.0 Å². The first kappa shape index (κ1) is 12.6. The fourth-order valence-electron chi connectivity index (χ4n) is 1.35. The van der Waals surface area contributed by atoms with Crippen LogP contribution in [0.25, 0.3) is 11.4 Å². The summed E-state index contributed by atoms with van der Waals surface area (Å²) in [6.07, 6.45) is 2.21. The van der Waals surface area contributed by atoms with E-state index in [2.05, 4.69) is 19.4 Å². The second-order valence-corrected chi connectivity index (χ2v) is 3.41. The average Bonchev–Trinajstić information content (AvgIpc) is 2.92. The van der Waals surface area contributed by atoms with Gasteiger partial charge >= 0.3 is 5.97 Å². The summed E-state index contributed by atoms with van der Waals surface area (Å²) in [4.78, 5) is 14.8. The van der Waals surface area contributed by atoms with E-state index in [4.69, 9.17) is 9.84 Å². The molecule has 1 aromatic carbocycles. The Morgan fingerprint density at radius 2 is 2.32 bits per heavy atom. The highest BCUT2D eigenvalue weighted by molar-refractivity contribution is 5.84. The summed E-state index contributed by atoms with van der Waals surface area (Å²) in [5, 5.41) is 12.6. The molecule has 2 aromatic rings.